The first-order valence-electron chi connectivity index (χ1n) is 6.07. The van der Waals surface area contributed by atoms with E-state index in [0.717, 1.165) is 24.7 Å². The zero-order valence-corrected chi connectivity index (χ0v) is 12.4. The van der Waals surface area contributed by atoms with Gasteiger partial charge in [-0.25, -0.2) is 0 Å². The number of alkyl halides is 1. The van der Waals surface area contributed by atoms with Crippen LogP contribution >= 0.6 is 15.9 Å². The topological polar surface area (TPSA) is 42.4 Å². The van der Waals surface area contributed by atoms with Gasteiger partial charge < -0.3 is 9.64 Å². The van der Waals surface area contributed by atoms with E-state index in [2.05, 4.69) is 27.8 Å². The Morgan fingerprint density at radius 2 is 2.28 bits per heavy atom. The van der Waals surface area contributed by atoms with Crippen molar-refractivity contribution in [2.24, 2.45) is 0 Å². The number of nitrogens with zero attached hydrogens (tertiary/aromatic N) is 2. The summed E-state index contributed by atoms with van der Waals surface area (Å²) in [6.45, 7) is 3.58. The molecule has 0 atom stereocenters. The van der Waals surface area contributed by atoms with E-state index in [9.17, 15) is 4.79 Å². The van der Waals surface area contributed by atoms with Gasteiger partial charge in [-0.15, -0.1) is 0 Å². The number of aromatic nitrogens is 1. The van der Waals surface area contributed by atoms with Crippen LogP contribution in [0.4, 0.5) is 0 Å². The molecule has 4 nitrogen and oxygen atoms in total. The van der Waals surface area contributed by atoms with E-state index in [0.29, 0.717) is 17.9 Å². The lowest BCUT2D eigenvalue weighted by molar-refractivity contribution is 0.0760. The predicted molar refractivity (Wildman–Crippen MR) is 75.4 cm³/mol. The highest BCUT2D eigenvalue weighted by atomic mass is 79.9. The zero-order chi connectivity index (χ0) is 13.4. The summed E-state index contributed by atoms with van der Waals surface area (Å²) in [4.78, 5) is 18.2. The molecule has 1 rings (SSSR count). The second-order valence-corrected chi connectivity index (χ2v) is 4.70. The van der Waals surface area contributed by atoms with Gasteiger partial charge in [0.05, 0.1) is 18.9 Å². The minimum absolute atomic E-state index is 0.00199. The fourth-order valence-electron chi connectivity index (χ4n) is 1.66. The molecule has 0 radical (unpaired) electrons. The highest BCUT2D eigenvalue weighted by Gasteiger charge is 2.18. The van der Waals surface area contributed by atoms with Crippen LogP contribution in [0.1, 0.15) is 30.1 Å². The van der Waals surface area contributed by atoms with Crippen LogP contribution < -0.4 is 4.74 Å². The first-order valence-corrected chi connectivity index (χ1v) is 7.20. The molecule has 18 heavy (non-hydrogen) atoms. The van der Waals surface area contributed by atoms with Crippen LogP contribution in [0, 0.1) is 0 Å². The van der Waals surface area contributed by atoms with Crippen LogP contribution in [0.2, 0.25) is 0 Å². The van der Waals surface area contributed by atoms with Gasteiger partial charge >= 0.3 is 0 Å². The summed E-state index contributed by atoms with van der Waals surface area (Å²) in [6, 6.07) is 1.70. The first kappa shape index (κ1) is 15.0. The largest absolute Gasteiger partial charge is 0.494 e. The highest BCUT2D eigenvalue weighted by Crippen LogP contribution is 2.18. The van der Waals surface area contributed by atoms with Crippen molar-refractivity contribution in [1.29, 1.82) is 0 Å². The molecule has 0 N–H and O–H groups in total. The van der Waals surface area contributed by atoms with Crippen LogP contribution in [-0.2, 0) is 0 Å². The van der Waals surface area contributed by atoms with E-state index in [1.54, 1.807) is 25.6 Å². The number of hydrogen-bond acceptors (Lipinski definition) is 3. The average molecular weight is 315 g/mol. The summed E-state index contributed by atoms with van der Waals surface area (Å²) in [5, 5.41) is 0.774. The number of hydrogen-bond donors (Lipinski definition) is 0. The third kappa shape index (κ3) is 3.98. The van der Waals surface area contributed by atoms with E-state index >= 15 is 0 Å². The molecule has 0 fully saturated rings. The van der Waals surface area contributed by atoms with Gasteiger partial charge in [-0.2, -0.15) is 0 Å². The summed E-state index contributed by atoms with van der Waals surface area (Å²) in [6.07, 6.45) is 5.26. The maximum atomic E-state index is 12.4. The van der Waals surface area contributed by atoms with Crippen molar-refractivity contribution in [3.8, 4) is 5.75 Å². The molecule has 1 aromatic rings. The first-order chi connectivity index (χ1) is 8.74. The minimum Gasteiger partial charge on any atom is -0.494 e. The Labute approximate surface area is 116 Å². The average Bonchev–Trinajstić information content (AvgIpc) is 2.42. The fourth-order valence-corrected chi connectivity index (χ4v) is 2.08. The molecule has 0 aliphatic heterocycles. The van der Waals surface area contributed by atoms with Crippen molar-refractivity contribution in [1.82, 2.24) is 9.88 Å². The summed E-state index contributed by atoms with van der Waals surface area (Å²) in [5.41, 5.74) is 0.574. The Kier molecular flexibility index (Phi) is 6.72. The van der Waals surface area contributed by atoms with Crippen LogP contribution in [0.15, 0.2) is 18.5 Å². The van der Waals surface area contributed by atoms with Crippen molar-refractivity contribution in [2.45, 2.75) is 19.8 Å². The number of rotatable bonds is 7. The lowest BCUT2D eigenvalue weighted by Crippen LogP contribution is -2.33. The molecule has 0 aliphatic carbocycles. The van der Waals surface area contributed by atoms with Crippen LogP contribution in [-0.4, -0.2) is 41.3 Å². The number of amides is 1. The zero-order valence-electron chi connectivity index (χ0n) is 10.9. The molecule has 0 spiro atoms. The molecule has 0 aromatic carbocycles. The van der Waals surface area contributed by atoms with Crippen molar-refractivity contribution in [3.05, 3.63) is 24.0 Å². The van der Waals surface area contributed by atoms with E-state index in [-0.39, 0.29) is 5.91 Å². The molecule has 0 saturated heterocycles. The van der Waals surface area contributed by atoms with E-state index in [1.165, 1.54) is 0 Å². The number of carbonyl (C=O) groups excluding carboxylic acids is 1. The third-order valence-electron chi connectivity index (χ3n) is 2.66. The summed E-state index contributed by atoms with van der Waals surface area (Å²) < 4.78 is 5.18. The number of carbonyl (C=O) groups is 1. The smallest absolute Gasteiger partial charge is 0.257 e. The quantitative estimate of drug-likeness (QED) is 0.727. The predicted octanol–water partition coefficient (Wildman–Crippen LogP) is 2.73. The van der Waals surface area contributed by atoms with Gasteiger partial charge in [-0.1, -0.05) is 29.3 Å². The van der Waals surface area contributed by atoms with Gasteiger partial charge in [0.2, 0.25) is 0 Å². The number of ether oxygens (including phenoxy) is 1. The Balaban J connectivity index is 2.86. The van der Waals surface area contributed by atoms with E-state index < -0.39 is 0 Å². The van der Waals surface area contributed by atoms with E-state index in [1.807, 2.05) is 4.90 Å². The molecule has 1 amide bonds. The molecule has 1 aromatic heterocycles. The second-order valence-electron chi connectivity index (χ2n) is 3.91. The molecular formula is C13H19BrN2O2. The Hall–Kier alpha value is -1.10. The van der Waals surface area contributed by atoms with Crippen molar-refractivity contribution in [3.63, 3.8) is 0 Å². The van der Waals surface area contributed by atoms with Gasteiger partial charge in [0.1, 0.15) is 5.75 Å². The summed E-state index contributed by atoms with van der Waals surface area (Å²) in [7, 11) is 1.55. The van der Waals surface area contributed by atoms with Crippen LogP contribution in [0.3, 0.4) is 0 Å². The second kappa shape index (κ2) is 8.08. The van der Waals surface area contributed by atoms with Gasteiger partial charge in [0.25, 0.3) is 5.91 Å². The number of methoxy groups -OCH3 is 1. The van der Waals surface area contributed by atoms with Gasteiger partial charge in [-0.3, -0.25) is 9.78 Å². The van der Waals surface area contributed by atoms with E-state index in [4.69, 9.17) is 4.74 Å². The lowest BCUT2D eigenvalue weighted by Gasteiger charge is -2.22. The monoisotopic (exact) mass is 314 g/mol. The maximum absolute atomic E-state index is 12.4. The van der Waals surface area contributed by atoms with Crippen LogP contribution in [0.25, 0.3) is 0 Å². The standard InChI is InChI=1S/C13H19BrN2O2/c1-3-4-8-16(9-6-14)13(17)11-5-7-15-10-12(11)18-2/h5,7,10H,3-4,6,8-9H2,1-2H3. The minimum atomic E-state index is 0.00199. The van der Waals surface area contributed by atoms with Gasteiger partial charge in [-0.05, 0) is 12.5 Å². The normalized spacial score (nSPS) is 10.2. The molecule has 0 bridgehead atoms. The number of unbranched alkanes of at least 4 members (excludes halogenated alkanes) is 1. The molecule has 0 saturated carbocycles. The summed E-state index contributed by atoms with van der Waals surface area (Å²) >= 11 is 3.38. The lowest BCUT2D eigenvalue weighted by atomic mass is 10.2. The van der Waals surface area contributed by atoms with Crippen molar-refractivity contribution >= 4 is 21.8 Å². The van der Waals surface area contributed by atoms with Gasteiger partial charge in [0, 0.05) is 24.6 Å². The maximum Gasteiger partial charge on any atom is 0.257 e. The Morgan fingerprint density at radius 1 is 1.50 bits per heavy atom. The molecule has 0 aliphatic rings. The van der Waals surface area contributed by atoms with Crippen molar-refractivity contribution < 1.29 is 9.53 Å². The molecule has 5 heteroatoms. The van der Waals surface area contributed by atoms with Crippen LogP contribution in [0.5, 0.6) is 5.75 Å². The highest BCUT2D eigenvalue weighted by molar-refractivity contribution is 9.09. The van der Waals surface area contributed by atoms with Crippen molar-refractivity contribution in [2.75, 3.05) is 25.5 Å². The third-order valence-corrected chi connectivity index (χ3v) is 3.01. The fraction of sp³-hybridized carbons (Fsp3) is 0.538. The molecule has 0 unspecified atom stereocenters. The summed E-state index contributed by atoms with van der Waals surface area (Å²) in [5.74, 6) is 0.528. The SMILES string of the molecule is CCCCN(CCBr)C(=O)c1ccncc1OC. The molecular weight excluding hydrogens is 296 g/mol. The van der Waals surface area contributed by atoms with Gasteiger partial charge in [0.15, 0.2) is 0 Å². The Bertz CT molecular complexity index is 385. The Morgan fingerprint density at radius 3 is 2.89 bits per heavy atom. The molecule has 100 valence electrons. The number of halogens is 1. The molecule has 1 heterocycles. The number of pyridine rings is 1.